The Bertz CT molecular complexity index is 163. The van der Waals surface area contributed by atoms with Gasteiger partial charge < -0.3 is 10.2 Å². The Morgan fingerprint density at radius 2 is 1.07 bits per heavy atom. The maximum Gasteiger partial charge on any atom is 0.0623 e. The fourth-order valence-electron chi connectivity index (χ4n) is 2.82. The SMILES string of the molecule is CC(C)(O)C1CCCCC1C(C)(C)O. The van der Waals surface area contributed by atoms with Crippen molar-refractivity contribution in [2.75, 3.05) is 0 Å². The summed E-state index contributed by atoms with van der Waals surface area (Å²) in [5.41, 5.74) is -1.32. The monoisotopic (exact) mass is 200 g/mol. The summed E-state index contributed by atoms with van der Waals surface area (Å²) in [6.07, 6.45) is 4.44. The molecule has 0 saturated heterocycles. The fourth-order valence-corrected chi connectivity index (χ4v) is 2.82. The highest BCUT2D eigenvalue weighted by Gasteiger charge is 2.42. The second-order valence-electron chi connectivity index (χ2n) is 5.80. The van der Waals surface area contributed by atoms with E-state index in [1.165, 1.54) is 12.8 Å². The standard InChI is InChI=1S/C12H24O2/c1-11(2,13)9-7-5-6-8-10(9)12(3,4)14/h9-10,13-14H,5-8H2,1-4H3. The first-order chi connectivity index (χ1) is 6.23. The van der Waals surface area contributed by atoms with Gasteiger partial charge in [0.2, 0.25) is 0 Å². The third-order valence-electron chi connectivity index (χ3n) is 3.58. The number of rotatable bonds is 2. The van der Waals surface area contributed by atoms with Crippen LogP contribution in [0, 0.1) is 11.8 Å². The Morgan fingerprint density at radius 3 is 1.29 bits per heavy atom. The molecular weight excluding hydrogens is 176 g/mol. The molecule has 0 spiro atoms. The molecule has 0 aromatic rings. The summed E-state index contributed by atoms with van der Waals surface area (Å²) in [5.74, 6) is 0.465. The topological polar surface area (TPSA) is 40.5 Å². The minimum atomic E-state index is -0.662. The zero-order chi connectivity index (χ0) is 11.0. The van der Waals surface area contributed by atoms with Gasteiger partial charge in [-0.05, 0) is 52.4 Å². The van der Waals surface area contributed by atoms with Crippen LogP contribution in [0.4, 0.5) is 0 Å². The van der Waals surface area contributed by atoms with Gasteiger partial charge in [0.15, 0.2) is 0 Å². The van der Waals surface area contributed by atoms with E-state index < -0.39 is 11.2 Å². The van der Waals surface area contributed by atoms with Crippen LogP contribution in [0.15, 0.2) is 0 Å². The molecule has 2 heteroatoms. The molecule has 0 amide bonds. The van der Waals surface area contributed by atoms with Gasteiger partial charge in [0.25, 0.3) is 0 Å². The van der Waals surface area contributed by atoms with Gasteiger partial charge in [-0.25, -0.2) is 0 Å². The van der Waals surface area contributed by atoms with Crippen molar-refractivity contribution in [3.8, 4) is 0 Å². The molecule has 84 valence electrons. The minimum absolute atomic E-state index is 0.233. The lowest BCUT2D eigenvalue weighted by molar-refractivity contribution is -0.0970. The minimum Gasteiger partial charge on any atom is -0.390 e. The van der Waals surface area contributed by atoms with Gasteiger partial charge >= 0.3 is 0 Å². The summed E-state index contributed by atoms with van der Waals surface area (Å²) in [6, 6.07) is 0. The van der Waals surface area contributed by atoms with Crippen molar-refractivity contribution in [3.63, 3.8) is 0 Å². The number of aliphatic hydroxyl groups is 2. The van der Waals surface area contributed by atoms with Gasteiger partial charge in [-0.1, -0.05) is 12.8 Å². The van der Waals surface area contributed by atoms with Gasteiger partial charge in [-0.2, -0.15) is 0 Å². The van der Waals surface area contributed by atoms with Crippen LogP contribution in [0.1, 0.15) is 53.4 Å². The molecule has 2 N–H and O–H groups in total. The van der Waals surface area contributed by atoms with Crippen LogP contribution in [0.25, 0.3) is 0 Å². The largest absolute Gasteiger partial charge is 0.390 e. The van der Waals surface area contributed by atoms with Crippen LogP contribution in [0.5, 0.6) is 0 Å². The Morgan fingerprint density at radius 1 is 0.786 bits per heavy atom. The molecule has 0 heterocycles. The lowest BCUT2D eigenvalue weighted by Gasteiger charge is -2.44. The summed E-state index contributed by atoms with van der Waals surface area (Å²) in [5, 5.41) is 20.1. The van der Waals surface area contributed by atoms with Crippen molar-refractivity contribution in [2.45, 2.75) is 64.6 Å². The maximum atomic E-state index is 10.1. The molecule has 0 aliphatic heterocycles. The quantitative estimate of drug-likeness (QED) is 0.718. The maximum absolute atomic E-state index is 10.1. The molecule has 1 saturated carbocycles. The van der Waals surface area contributed by atoms with Crippen LogP contribution in [0.2, 0.25) is 0 Å². The van der Waals surface area contributed by atoms with Gasteiger partial charge in [-0.3, -0.25) is 0 Å². The summed E-state index contributed by atoms with van der Waals surface area (Å²) in [7, 11) is 0. The van der Waals surface area contributed by atoms with Crippen LogP contribution in [0.3, 0.4) is 0 Å². The van der Waals surface area contributed by atoms with E-state index >= 15 is 0 Å². The zero-order valence-electron chi connectivity index (χ0n) is 9.88. The molecular formula is C12H24O2. The predicted octanol–water partition coefficient (Wildman–Crippen LogP) is 2.33. The summed E-state index contributed by atoms with van der Waals surface area (Å²) < 4.78 is 0. The highest BCUT2D eigenvalue weighted by molar-refractivity contribution is 4.92. The molecule has 0 bridgehead atoms. The molecule has 14 heavy (non-hydrogen) atoms. The zero-order valence-corrected chi connectivity index (χ0v) is 9.88. The molecule has 1 aliphatic carbocycles. The Balaban J connectivity index is 2.80. The predicted molar refractivity (Wildman–Crippen MR) is 58.0 cm³/mol. The number of hydrogen-bond donors (Lipinski definition) is 2. The van der Waals surface area contributed by atoms with Crippen molar-refractivity contribution in [1.82, 2.24) is 0 Å². The molecule has 1 rings (SSSR count). The van der Waals surface area contributed by atoms with E-state index in [0.717, 1.165) is 12.8 Å². The highest BCUT2D eigenvalue weighted by atomic mass is 16.3. The third kappa shape index (κ3) is 2.71. The first-order valence-corrected chi connectivity index (χ1v) is 5.67. The average Bonchev–Trinajstić information content (AvgIpc) is 2.01. The Kier molecular flexibility index (Phi) is 3.27. The van der Waals surface area contributed by atoms with E-state index in [1.807, 2.05) is 27.7 Å². The summed E-state index contributed by atoms with van der Waals surface area (Å²) in [4.78, 5) is 0. The summed E-state index contributed by atoms with van der Waals surface area (Å²) >= 11 is 0. The van der Waals surface area contributed by atoms with Crippen LogP contribution in [-0.2, 0) is 0 Å². The second kappa shape index (κ2) is 3.82. The average molecular weight is 200 g/mol. The molecule has 0 radical (unpaired) electrons. The normalized spacial score (nSPS) is 30.4. The second-order valence-corrected chi connectivity index (χ2v) is 5.80. The fraction of sp³-hybridized carbons (Fsp3) is 1.00. The van der Waals surface area contributed by atoms with Crippen molar-refractivity contribution in [2.24, 2.45) is 11.8 Å². The van der Waals surface area contributed by atoms with Gasteiger partial charge in [0, 0.05) is 0 Å². The smallest absolute Gasteiger partial charge is 0.0623 e. The summed E-state index contributed by atoms with van der Waals surface area (Å²) in [6.45, 7) is 7.45. The van der Waals surface area contributed by atoms with E-state index in [-0.39, 0.29) is 11.8 Å². The van der Waals surface area contributed by atoms with Gasteiger partial charge in [0.05, 0.1) is 11.2 Å². The lowest BCUT2D eigenvalue weighted by atomic mass is 9.66. The lowest BCUT2D eigenvalue weighted by Crippen LogP contribution is -2.47. The van der Waals surface area contributed by atoms with Crippen molar-refractivity contribution in [1.29, 1.82) is 0 Å². The highest BCUT2D eigenvalue weighted by Crippen LogP contribution is 2.42. The number of hydrogen-bond acceptors (Lipinski definition) is 2. The van der Waals surface area contributed by atoms with E-state index in [1.54, 1.807) is 0 Å². The van der Waals surface area contributed by atoms with Gasteiger partial charge in [0.1, 0.15) is 0 Å². The third-order valence-corrected chi connectivity index (χ3v) is 3.58. The first-order valence-electron chi connectivity index (χ1n) is 5.67. The van der Waals surface area contributed by atoms with Crippen molar-refractivity contribution < 1.29 is 10.2 Å². The van der Waals surface area contributed by atoms with Crippen molar-refractivity contribution in [3.05, 3.63) is 0 Å². The van der Waals surface area contributed by atoms with Crippen LogP contribution >= 0.6 is 0 Å². The molecule has 0 aromatic carbocycles. The molecule has 1 fully saturated rings. The molecule has 2 atom stereocenters. The van der Waals surface area contributed by atoms with Crippen molar-refractivity contribution >= 4 is 0 Å². The molecule has 2 nitrogen and oxygen atoms in total. The molecule has 0 aromatic heterocycles. The van der Waals surface area contributed by atoms with Gasteiger partial charge in [-0.15, -0.1) is 0 Å². The molecule has 1 aliphatic rings. The van der Waals surface area contributed by atoms with Crippen LogP contribution in [-0.4, -0.2) is 21.4 Å². The van der Waals surface area contributed by atoms with E-state index in [2.05, 4.69) is 0 Å². The van der Waals surface area contributed by atoms with E-state index in [4.69, 9.17) is 0 Å². The van der Waals surface area contributed by atoms with Crippen LogP contribution < -0.4 is 0 Å². The first kappa shape index (κ1) is 12.0. The Labute approximate surface area is 87.3 Å². The van der Waals surface area contributed by atoms with E-state index in [9.17, 15) is 10.2 Å². The Hall–Kier alpha value is -0.0800. The van der Waals surface area contributed by atoms with E-state index in [0.29, 0.717) is 0 Å². The molecule has 2 unspecified atom stereocenters.